The molecule has 3 rings (SSSR count). The van der Waals surface area contributed by atoms with E-state index >= 15 is 0 Å². The number of nitrogens with zero attached hydrogens (tertiary/aromatic N) is 3. The van der Waals surface area contributed by atoms with Crippen molar-refractivity contribution in [1.82, 2.24) is 15.6 Å². The monoisotopic (exact) mass is 350 g/mol. The number of alkyl halides is 3. The van der Waals surface area contributed by atoms with Gasteiger partial charge in [-0.3, -0.25) is 5.43 Å². The first-order chi connectivity index (χ1) is 10.3. The summed E-state index contributed by atoms with van der Waals surface area (Å²) in [7, 11) is 0. The van der Waals surface area contributed by atoms with Crippen molar-refractivity contribution < 1.29 is 17.6 Å². The summed E-state index contributed by atoms with van der Waals surface area (Å²) in [6.45, 7) is 0. The Morgan fingerprint density at radius 2 is 1.86 bits per heavy atom. The molecule has 1 N–H and O–H groups in total. The second-order valence-electron chi connectivity index (χ2n) is 4.65. The molecule has 0 radical (unpaired) electrons. The van der Waals surface area contributed by atoms with Gasteiger partial charge in [-0.25, -0.2) is 0 Å². The quantitative estimate of drug-likeness (QED) is 0.899. The summed E-state index contributed by atoms with van der Waals surface area (Å²) in [5.41, 5.74) is -0.453. The Bertz CT molecular complexity index is 712. The lowest BCUT2D eigenvalue weighted by atomic mass is 9.85. The fraction of sp³-hybridized carbons (Fsp3) is 0.250. The van der Waals surface area contributed by atoms with Gasteiger partial charge in [-0.15, -0.1) is 10.2 Å². The zero-order valence-electron chi connectivity index (χ0n) is 10.7. The number of halogens is 5. The van der Waals surface area contributed by atoms with E-state index < -0.39 is 18.1 Å². The van der Waals surface area contributed by atoms with Crippen LogP contribution >= 0.6 is 23.2 Å². The molecule has 1 aromatic heterocycles. The summed E-state index contributed by atoms with van der Waals surface area (Å²) in [4.78, 5) is 0. The van der Waals surface area contributed by atoms with E-state index in [0.29, 0.717) is 0 Å². The number of hydrazone groups is 1. The van der Waals surface area contributed by atoms with Gasteiger partial charge >= 0.3 is 6.18 Å². The highest BCUT2D eigenvalue weighted by atomic mass is 35.5. The maximum absolute atomic E-state index is 13.7. The lowest BCUT2D eigenvalue weighted by Gasteiger charge is -2.31. The largest absolute Gasteiger partial charge is 0.422 e. The Hall–Kier alpha value is -1.80. The van der Waals surface area contributed by atoms with E-state index in [0.717, 1.165) is 6.39 Å². The Morgan fingerprint density at radius 1 is 1.18 bits per heavy atom. The van der Waals surface area contributed by atoms with E-state index in [9.17, 15) is 13.2 Å². The van der Waals surface area contributed by atoms with Gasteiger partial charge in [-0.2, -0.15) is 18.3 Å². The van der Waals surface area contributed by atoms with Crippen LogP contribution in [0.5, 0.6) is 0 Å². The lowest BCUT2D eigenvalue weighted by molar-refractivity contribution is -0.196. The van der Waals surface area contributed by atoms with Gasteiger partial charge in [-0.05, 0) is 23.8 Å². The topological polar surface area (TPSA) is 63.3 Å². The van der Waals surface area contributed by atoms with Crippen LogP contribution in [0, 0.1) is 0 Å². The maximum Gasteiger partial charge on any atom is 0.417 e. The van der Waals surface area contributed by atoms with Crippen molar-refractivity contribution in [2.75, 3.05) is 0 Å². The molecule has 0 saturated heterocycles. The molecular formula is C12H7Cl2F3N4O. The van der Waals surface area contributed by atoms with Crippen LogP contribution < -0.4 is 5.43 Å². The summed E-state index contributed by atoms with van der Waals surface area (Å²) in [6.07, 6.45) is -4.15. The normalized spacial score (nSPS) is 21.6. The van der Waals surface area contributed by atoms with Gasteiger partial charge in [0.2, 0.25) is 6.39 Å². The molecule has 1 aliphatic heterocycles. The van der Waals surface area contributed by atoms with E-state index in [2.05, 4.69) is 20.7 Å². The third-order valence-corrected chi connectivity index (χ3v) is 3.70. The SMILES string of the molecule is FC(F)(F)C1(c2cc(Cl)cc(Cl)c2)CC(c2nnco2)=NN1. The predicted octanol–water partition coefficient (Wildman–Crippen LogP) is 3.53. The highest BCUT2D eigenvalue weighted by Gasteiger charge is 2.59. The Morgan fingerprint density at radius 3 is 2.41 bits per heavy atom. The van der Waals surface area contributed by atoms with E-state index in [-0.39, 0.29) is 27.2 Å². The molecule has 116 valence electrons. The van der Waals surface area contributed by atoms with E-state index in [1.54, 1.807) is 0 Å². The van der Waals surface area contributed by atoms with Crippen LogP contribution in [0.2, 0.25) is 10.0 Å². The van der Waals surface area contributed by atoms with Crippen molar-refractivity contribution in [3.8, 4) is 0 Å². The third kappa shape index (κ3) is 2.42. The maximum atomic E-state index is 13.7. The van der Waals surface area contributed by atoms with Crippen molar-refractivity contribution >= 4 is 28.9 Å². The smallest absolute Gasteiger partial charge is 0.417 e. The second kappa shape index (κ2) is 5.13. The summed E-state index contributed by atoms with van der Waals surface area (Å²) in [6, 6.07) is 3.74. The molecule has 1 aromatic carbocycles. The van der Waals surface area contributed by atoms with Crippen LogP contribution in [-0.2, 0) is 5.54 Å². The Balaban J connectivity index is 2.06. The highest BCUT2D eigenvalue weighted by Crippen LogP contribution is 2.45. The molecule has 1 unspecified atom stereocenters. The number of hydrogen-bond acceptors (Lipinski definition) is 5. The molecule has 0 spiro atoms. The zero-order chi connectivity index (χ0) is 16.0. The third-order valence-electron chi connectivity index (χ3n) is 3.26. The van der Waals surface area contributed by atoms with Gasteiger partial charge in [0.1, 0.15) is 5.71 Å². The number of hydrogen-bond donors (Lipinski definition) is 1. The van der Waals surface area contributed by atoms with Gasteiger partial charge < -0.3 is 4.42 Å². The van der Waals surface area contributed by atoms with Gasteiger partial charge in [0, 0.05) is 16.5 Å². The van der Waals surface area contributed by atoms with E-state index in [1.807, 2.05) is 0 Å². The minimum Gasteiger partial charge on any atom is -0.422 e. The highest BCUT2D eigenvalue weighted by molar-refractivity contribution is 6.34. The molecular weight excluding hydrogens is 344 g/mol. The molecule has 1 aliphatic rings. The van der Waals surface area contributed by atoms with Crippen molar-refractivity contribution in [2.45, 2.75) is 18.1 Å². The van der Waals surface area contributed by atoms with Crippen LogP contribution in [-0.4, -0.2) is 22.1 Å². The zero-order valence-corrected chi connectivity index (χ0v) is 12.2. The van der Waals surface area contributed by atoms with Crippen LogP contribution in [0.3, 0.4) is 0 Å². The summed E-state index contributed by atoms with van der Waals surface area (Å²) < 4.78 is 46.0. The molecule has 10 heteroatoms. The lowest BCUT2D eigenvalue weighted by Crippen LogP contribution is -2.49. The standard InChI is InChI=1S/C12H7Cl2F3N4O/c13-7-1-6(2-8(14)3-7)11(12(15,16)17)4-9(19-21-11)10-20-18-5-22-10/h1-3,5,21H,4H2. The summed E-state index contributed by atoms with van der Waals surface area (Å²) in [5.74, 6) is -0.0771. The molecule has 0 saturated carbocycles. The van der Waals surface area contributed by atoms with Crippen LogP contribution in [0.1, 0.15) is 17.9 Å². The Labute approximate surface area is 132 Å². The molecule has 1 atom stereocenters. The molecule has 0 aliphatic carbocycles. The average molecular weight is 351 g/mol. The first-order valence-corrected chi connectivity index (χ1v) is 6.71. The first kappa shape index (κ1) is 15.1. The molecule has 5 nitrogen and oxygen atoms in total. The van der Waals surface area contributed by atoms with Crippen molar-refractivity contribution in [2.24, 2.45) is 5.10 Å². The summed E-state index contributed by atoms with van der Waals surface area (Å²) in [5, 5.41) is 10.9. The van der Waals surface area contributed by atoms with Gasteiger partial charge in [0.15, 0.2) is 5.54 Å². The van der Waals surface area contributed by atoms with Crippen LogP contribution in [0.4, 0.5) is 13.2 Å². The molecule has 0 amide bonds. The van der Waals surface area contributed by atoms with Crippen LogP contribution in [0.15, 0.2) is 34.1 Å². The average Bonchev–Trinajstić information content (AvgIpc) is 3.06. The van der Waals surface area contributed by atoms with E-state index in [1.165, 1.54) is 18.2 Å². The molecule has 2 aromatic rings. The predicted molar refractivity (Wildman–Crippen MR) is 72.8 cm³/mol. The van der Waals surface area contributed by atoms with Gasteiger partial charge in [-0.1, -0.05) is 23.2 Å². The fourth-order valence-corrected chi connectivity index (χ4v) is 2.74. The van der Waals surface area contributed by atoms with Crippen LogP contribution in [0.25, 0.3) is 0 Å². The van der Waals surface area contributed by atoms with Crippen molar-refractivity contribution in [1.29, 1.82) is 0 Å². The van der Waals surface area contributed by atoms with Gasteiger partial charge in [0.05, 0.1) is 0 Å². The molecule has 22 heavy (non-hydrogen) atoms. The molecule has 0 bridgehead atoms. The van der Waals surface area contributed by atoms with Crippen molar-refractivity contribution in [3.05, 3.63) is 46.1 Å². The Kier molecular flexibility index (Phi) is 3.53. The number of nitrogens with one attached hydrogen (secondary N) is 1. The van der Waals surface area contributed by atoms with Crippen molar-refractivity contribution in [3.63, 3.8) is 0 Å². The summed E-state index contributed by atoms with van der Waals surface area (Å²) >= 11 is 11.6. The second-order valence-corrected chi connectivity index (χ2v) is 5.53. The molecule has 2 heterocycles. The number of benzene rings is 1. The van der Waals surface area contributed by atoms with E-state index in [4.69, 9.17) is 27.6 Å². The van der Waals surface area contributed by atoms with Gasteiger partial charge in [0.25, 0.3) is 5.89 Å². The minimum absolute atomic E-state index is 0.00548. The number of rotatable bonds is 2. The fourth-order valence-electron chi connectivity index (χ4n) is 2.21. The molecule has 0 fully saturated rings. The number of aromatic nitrogens is 2. The first-order valence-electron chi connectivity index (χ1n) is 5.95. The minimum atomic E-state index is -4.65.